The Morgan fingerprint density at radius 2 is 2.17 bits per heavy atom. The van der Waals surface area contributed by atoms with Crippen LogP contribution in [0.5, 0.6) is 0 Å². The van der Waals surface area contributed by atoms with E-state index < -0.39 is 0 Å². The lowest BCUT2D eigenvalue weighted by Crippen LogP contribution is -2.50. The summed E-state index contributed by atoms with van der Waals surface area (Å²) in [4.78, 5) is 2.52. The summed E-state index contributed by atoms with van der Waals surface area (Å²) >= 11 is 0. The van der Waals surface area contributed by atoms with Gasteiger partial charge in [0.05, 0.1) is 12.2 Å². The highest BCUT2D eigenvalue weighted by molar-refractivity contribution is 5.40. The molecule has 3 atom stereocenters. The molecule has 2 N–H and O–H groups in total. The van der Waals surface area contributed by atoms with Crippen LogP contribution < -0.4 is 5.73 Å². The second kappa shape index (κ2) is 5.00. The smallest absolute Gasteiger partial charge is 0.0828 e. The van der Waals surface area contributed by atoms with E-state index >= 15 is 0 Å². The van der Waals surface area contributed by atoms with E-state index in [1.165, 1.54) is 12.0 Å². The molecule has 1 heterocycles. The van der Waals surface area contributed by atoms with Gasteiger partial charge in [-0.25, -0.2) is 0 Å². The minimum Gasteiger partial charge on any atom is -0.371 e. The minimum absolute atomic E-state index is 0.212. The highest BCUT2D eigenvalue weighted by Crippen LogP contribution is 2.35. The van der Waals surface area contributed by atoms with Crippen molar-refractivity contribution in [2.24, 2.45) is 5.73 Å². The number of benzene rings is 1. The zero-order chi connectivity index (χ0) is 12.5. The van der Waals surface area contributed by atoms with Crippen LogP contribution in [0.4, 0.5) is 0 Å². The first-order valence-electron chi connectivity index (χ1n) is 6.92. The van der Waals surface area contributed by atoms with Gasteiger partial charge in [-0.3, -0.25) is 4.90 Å². The maximum Gasteiger partial charge on any atom is 0.0828 e. The van der Waals surface area contributed by atoms with Crippen LogP contribution in [0.1, 0.15) is 24.0 Å². The molecule has 1 aromatic carbocycles. The van der Waals surface area contributed by atoms with Crippen molar-refractivity contribution in [3.8, 4) is 0 Å². The lowest BCUT2D eigenvalue weighted by atomic mass is 9.77. The number of hydrogen-bond acceptors (Lipinski definition) is 3. The number of rotatable bonds is 3. The lowest BCUT2D eigenvalue weighted by Gasteiger charge is -2.40. The van der Waals surface area contributed by atoms with Gasteiger partial charge in [-0.1, -0.05) is 24.3 Å². The normalized spacial score (nSPS) is 31.8. The van der Waals surface area contributed by atoms with E-state index in [-0.39, 0.29) is 6.10 Å². The van der Waals surface area contributed by atoms with Crippen LogP contribution in [0.25, 0.3) is 0 Å². The van der Waals surface area contributed by atoms with E-state index in [2.05, 4.69) is 36.1 Å². The molecule has 18 heavy (non-hydrogen) atoms. The Bertz CT molecular complexity index is 421. The SMILES string of the molecule is CC1CN(CC2Cc3ccccc32)CC(CN)O1. The molecule has 0 radical (unpaired) electrons. The van der Waals surface area contributed by atoms with Crippen molar-refractivity contribution < 1.29 is 4.74 Å². The Kier molecular flexibility index (Phi) is 3.37. The first kappa shape index (κ1) is 12.2. The summed E-state index contributed by atoms with van der Waals surface area (Å²) < 4.78 is 5.80. The number of hydrogen-bond donors (Lipinski definition) is 1. The maximum absolute atomic E-state index is 5.80. The number of ether oxygens (including phenoxy) is 1. The minimum atomic E-state index is 0.212. The Hall–Kier alpha value is -0.900. The first-order chi connectivity index (χ1) is 8.76. The zero-order valence-corrected chi connectivity index (χ0v) is 11.0. The molecule has 0 bridgehead atoms. The quantitative estimate of drug-likeness (QED) is 0.875. The third-order valence-electron chi connectivity index (χ3n) is 4.10. The van der Waals surface area contributed by atoms with Gasteiger partial charge in [0.2, 0.25) is 0 Å². The first-order valence-corrected chi connectivity index (χ1v) is 6.92. The van der Waals surface area contributed by atoms with Crippen molar-refractivity contribution in [3.63, 3.8) is 0 Å². The van der Waals surface area contributed by atoms with Crippen molar-refractivity contribution in [1.29, 1.82) is 0 Å². The average Bonchev–Trinajstić information content (AvgIpc) is 2.35. The van der Waals surface area contributed by atoms with Gasteiger partial charge in [-0.15, -0.1) is 0 Å². The molecule has 3 nitrogen and oxygen atoms in total. The molecule has 1 saturated heterocycles. The number of nitrogens with zero attached hydrogens (tertiary/aromatic N) is 1. The second-order valence-corrected chi connectivity index (χ2v) is 5.62. The van der Waals surface area contributed by atoms with Crippen LogP contribution >= 0.6 is 0 Å². The van der Waals surface area contributed by atoms with E-state index in [1.54, 1.807) is 5.56 Å². The van der Waals surface area contributed by atoms with Crippen LogP contribution in [0.3, 0.4) is 0 Å². The summed E-state index contributed by atoms with van der Waals surface area (Å²) in [6.07, 6.45) is 1.75. The molecule has 3 unspecified atom stereocenters. The van der Waals surface area contributed by atoms with Crippen molar-refractivity contribution in [1.82, 2.24) is 4.90 Å². The highest BCUT2D eigenvalue weighted by Gasteiger charge is 2.31. The Labute approximate surface area is 109 Å². The van der Waals surface area contributed by atoms with E-state index in [0.29, 0.717) is 18.6 Å². The Morgan fingerprint density at radius 3 is 2.94 bits per heavy atom. The van der Waals surface area contributed by atoms with Crippen LogP contribution in [0, 0.1) is 0 Å². The molecule has 3 rings (SSSR count). The molecule has 1 aromatic rings. The summed E-state index contributed by atoms with van der Waals surface area (Å²) in [6, 6.07) is 8.80. The fourth-order valence-corrected chi connectivity index (χ4v) is 3.26. The monoisotopic (exact) mass is 246 g/mol. The van der Waals surface area contributed by atoms with Crippen LogP contribution in [0.15, 0.2) is 24.3 Å². The van der Waals surface area contributed by atoms with Gasteiger partial charge in [0.15, 0.2) is 0 Å². The number of nitrogens with two attached hydrogens (primary N) is 1. The van der Waals surface area contributed by atoms with Gasteiger partial charge in [0, 0.05) is 32.1 Å². The van der Waals surface area contributed by atoms with E-state index in [9.17, 15) is 0 Å². The summed E-state index contributed by atoms with van der Waals surface area (Å²) in [5, 5.41) is 0. The second-order valence-electron chi connectivity index (χ2n) is 5.62. The molecular formula is C15H22N2O. The summed E-state index contributed by atoms with van der Waals surface area (Å²) in [6.45, 7) is 5.95. The average molecular weight is 246 g/mol. The van der Waals surface area contributed by atoms with Gasteiger partial charge in [0.1, 0.15) is 0 Å². The van der Waals surface area contributed by atoms with Crippen molar-refractivity contribution in [2.45, 2.75) is 31.5 Å². The van der Waals surface area contributed by atoms with Crippen LogP contribution in [0.2, 0.25) is 0 Å². The Balaban J connectivity index is 1.61. The molecule has 0 aromatic heterocycles. The summed E-state index contributed by atoms with van der Waals surface area (Å²) in [7, 11) is 0. The molecule has 1 aliphatic carbocycles. The van der Waals surface area contributed by atoms with Crippen LogP contribution in [-0.2, 0) is 11.2 Å². The zero-order valence-electron chi connectivity index (χ0n) is 11.0. The van der Waals surface area contributed by atoms with Gasteiger partial charge in [-0.2, -0.15) is 0 Å². The lowest BCUT2D eigenvalue weighted by molar-refractivity contribution is -0.0737. The predicted molar refractivity (Wildman–Crippen MR) is 72.7 cm³/mol. The molecule has 98 valence electrons. The topological polar surface area (TPSA) is 38.5 Å². The molecule has 0 spiro atoms. The molecule has 1 fully saturated rings. The standard InChI is InChI=1S/C15H22N2O/c1-11-8-17(10-14(7-16)18-11)9-13-6-12-4-2-3-5-15(12)13/h2-5,11,13-14H,6-10,16H2,1H3. The molecular weight excluding hydrogens is 224 g/mol. The van der Waals surface area contributed by atoms with Gasteiger partial charge in [-0.05, 0) is 24.5 Å². The fraction of sp³-hybridized carbons (Fsp3) is 0.600. The molecule has 1 aliphatic heterocycles. The van der Waals surface area contributed by atoms with Gasteiger partial charge >= 0.3 is 0 Å². The maximum atomic E-state index is 5.80. The third kappa shape index (κ3) is 2.30. The van der Waals surface area contributed by atoms with Gasteiger partial charge in [0.25, 0.3) is 0 Å². The number of morpholine rings is 1. The fourth-order valence-electron chi connectivity index (χ4n) is 3.26. The van der Waals surface area contributed by atoms with Crippen molar-refractivity contribution in [3.05, 3.63) is 35.4 Å². The summed E-state index contributed by atoms with van der Waals surface area (Å²) in [5.74, 6) is 0.713. The molecule has 2 aliphatic rings. The number of fused-ring (bicyclic) bond motifs is 1. The Morgan fingerprint density at radius 1 is 1.33 bits per heavy atom. The van der Waals surface area contributed by atoms with Crippen LogP contribution in [-0.4, -0.2) is 43.3 Å². The van der Waals surface area contributed by atoms with E-state index in [0.717, 1.165) is 19.6 Å². The largest absolute Gasteiger partial charge is 0.371 e. The van der Waals surface area contributed by atoms with Crippen molar-refractivity contribution in [2.75, 3.05) is 26.2 Å². The van der Waals surface area contributed by atoms with E-state index in [1.807, 2.05) is 0 Å². The summed E-state index contributed by atoms with van der Waals surface area (Å²) in [5.41, 5.74) is 8.80. The van der Waals surface area contributed by atoms with Crippen molar-refractivity contribution >= 4 is 0 Å². The highest BCUT2D eigenvalue weighted by atomic mass is 16.5. The molecule has 0 saturated carbocycles. The van der Waals surface area contributed by atoms with E-state index in [4.69, 9.17) is 10.5 Å². The van der Waals surface area contributed by atoms with Gasteiger partial charge < -0.3 is 10.5 Å². The predicted octanol–water partition coefficient (Wildman–Crippen LogP) is 1.37. The third-order valence-corrected chi connectivity index (χ3v) is 4.10. The molecule has 3 heteroatoms. The molecule has 0 amide bonds.